The zero-order valence-electron chi connectivity index (χ0n) is 15.5. The molecule has 0 aliphatic rings. The molecule has 0 saturated carbocycles. The number of nitrogens with zero attached hydrogens (tertiary/aromatic N) is 1. The fourth-order valence-corrected chi connectivity index (χ4v) is 3.94. The van der Waals surface area contributed by atoms with E-state index in [1.54, 1.807) is 13.8 Å². The summed E-state index contributed by atoms with van der Waals surface area (Å²) in [5.74, 6) is -1.60. The van der Waals surface area contributed by atoms with Crippen molar-refractivity contribution < 1.29 is 22.7 Å². The summed E-state index contributed by atoms with van der Waals surface area (Å²) < 4.78 is 31.2. The molecule has 0 aliphatic heterocycles. The lowest BCUT2D eigenvalue weighted by Crippen LogP contribution is -2.30. The van der Waals surface area contributed by atoms with Crippen LogP contribution in [0, 0.1) is 0 Å². The van der Waals surface area contributed by atoms with Gasteiger partial charge in [-0.2, -0.15) is 4.31 Å². The van der Waals surface area contributed by atoms with E-state index in [0.717, 1.165) is 0 Å². The number of anilines is 1. The van der Waals surface area contributed by atoms with Crippen LogP contribution < -0.4 is 10.9 Å². The topological polar surface area (TPSA) is 126 Å². The predicted molar refractivity (Wildman–Crippen MR) is 103 cm³/mol. The van der Waals surface area contributed by atoms with Crippen molar-refractivity contribution in [2.75, 3.05) is 25.0 Å². The van der Waals surface area contributed by atoms with Crippen molar-refractivity contribution in [1.29, 1.82) is 0 Å². The Morgan fingerprint density at radius 2 is 1.86 bits per heavy atom. The number of carbonyl (C=O) groups excluding carboxylic acids is 2. The Balaban J connectivity index is 2.04. The molecule has 10 heteroatoms. The molecule has 0 fully saturated rings. The number of sulfonamides is 1. The molecule has 0 bridgehead atoms. The average molecular weight is 407 g/mol. The minimum atomic E-state index is -3.67. The summed E-state index contributed by atoms with van der Waals surface area (Å²) in [7, 11) is -3.67. The van der Waals surface area contributed by atoms with Gasteiger partial charge in [0, 0.05) is 25.0 Å². The van der Waals surface area contributed by atoms with E-state index in [1.807, 2.05) is 0 Å². The molecule has 0 aliphatic carbocycles. The smallest absolute Gasteiger partial charge is 0.344 e. The van der Waals surface area contributed by atoms with Crippen LogP contribution in [0.5, 0.6) is 0 Å². The van der Waals surface area contributed by atoms with E-state index in [9.17, 15) is 22.8 Å². The number of aromatic amines is 1. The van der Waals surface area contributed by atoms with Gasteiger partial charge >= 0.3 is 5.97 Å². The molecule has 1 amide bonds. The van der Waals surface area contributed by atoms with Crippen molar-refractivity contribution >= 4 is 27.6 Å². The summed E-state index contributed by atoms with van der Waals surface area (Å²) in [6.07, 6.45) is 1.37. The number of hydrogen-bond acceptors (Lipinski definition) is 6. The number of esters is 1. The van der Waals surface area contributed by atoms with Crippen LogP contribution in [0.15, 0.2) is 52.3 Å². The molecular formula is C18H21N3O6S. The molecule has 2 N–H and O–H groups in total. The Bertz CT molecular complexity index is 1010. The summed E-state index contributed by atoms with van der Waals surface area (Å²) in [6, 6.07) is 8.52. The van der Waals surface area contributed by atoms with Crippen LogP contribution in [0.25, 0.3) is 0 Å². The molecule has 0 unspecified atom stereocenters. The molecule has 2 aromatic rings. The maximum Gasteiger partial charge on any atom is 0.344 e. The summed E-state index contributed by atoms with van der Waals surface area (Å²) in [4.78, 5) is 37.7. The number of rotatable bonds is 8. The third-order valence-corrected chi connectivity index (χ3v) is 5.88. The largest absolute Gasteiger partial charge is 0.452 e. The summed E-state index contributed by atoms with van der Waals surface area (Å²) in [6.45, 7) is 3.49. The SMILES string of the molecule is CCN(CC)S(=O)(=O)c1cccc(NC(=O)COC(=O)c2ccc[nH]c2=O)c1. The number of H-pyrrole nitrogens is 1. The van der Waals surface area contributed by atoms with Crippen molar-refractivity contribution in [1.82, 2.24) is 9.29 Å². The van der Waals surface area contributed by atoms with Crippen molar-refractivity contribution in [2.45, 2.75) is 18.7 Å². The first-order valence-corrected chi connectivity index (χ1v) is 9.98. The first kappa shape index (κ1) is 21.3. The third-order valence-electron chi connectivity index (χ3n) is 3.83. The fraction of sp³-hybridized carbons (Fsp3) is 0.278. The number of amides is 1. The highest BCUT2D eigenvalue weighted by molar-refractivity contribution is 7.89. The standard InChI is InChI=1S/C18H21N3O6S/c1-3-21(4-2)28(25,26)14-8-5-7-13(11-14)20-16(22)12-27-18(24)15-9-6-10-19-17(15)23/h5-11H,3-4,12H2,1-2H3,(H,19,23)(H,20,22). The highest BCUT2D eigenvalue weighted by Crippen LogP contribution is 2.19. The maximum atomic E-state index is 12.5. The van der Waals surface area contributed by atoms with E-state index in [4.69, 9.17) is 4.74 Å². The van der Waals surface area contributed by atoms with E-state index in [2.05, 4.69) is 10.3 Å². The zero-order chi connectivity index (χ0) is 20.7. The van der Waals surface area contributed by atoms with Crippen molar-refractivity contribution in [3.63, 3.8) is 0 Å². The van der Waals surface area contributed by atoms with Gasteiger partial charge in [-0.3, -0.25) is 9.59 Å². The Morgan fingerprint density at radius 1 is 1.14 bits per heavy atom. The minimum Gasteiger partial charge on any atom is -0.452 e. The molecule has 150 valence electrons. The van der Waals surface area contributed by atoms with E-state index in [1.165, 1.54) is 46.9 Å². The maximum absolute atomic E-state index is 12.5. The normalized spacial score (nSPS) is 11.2. The van der Waals surface area contributed by atoms with Crippen LogP contribution in [0.3, 0.4) is 0 Å². The second-order valence-corrected chi connectivity index (χ2v) is 7.59. The van der Waals surface area contributed by atoms with Crippen molar-refractivity contribution in [3.8, 4) is 0 Å². The molecule has 0 atom stereocenters. The summed E-state index contributed by atoms with van der Waals surface area (Å²) >= 11 is 0. The first-order valence-electron chi connectivity index (χ1n) is 8.54. The van der Waals surface area contributed by atoms with Crippen molar-refractivity contribution in [2.24, 2.45) is 0 Å². The van der Waals surface area contributed by atoms with Crippen LogP contribution in [0.2, 0.25) is 0 Å². The Morgan fingerprint density at radius 3 is 2.50 bits per heavy atom. The lowest BCUT2D eigenvalue weighted by atomic mass is 10.3. The molecule has 0 spiro atoms. The van der Waals surface area contributed by atoms with E-state index in [-0.39, 0.29) is 16.1 Å². The van der Waals surface area contributed by atoms with E-state index >= 15 is 0 Å². The summed E-state index contributed by atoms with van der Waals surface area (Å²) in [5.41, 5.74) is -0.600. The quantitative estimate of drug-likeness (QED) is 0.634. The van der Waals surface area contributed by atoms with Gasteiger partial charge in [0.05, 0.1) is 4.90 Å². The number of ether oxygens (including phenoxy) is 1. The number of aromatic nitrogens is 1. The predicted octanol–water partition coefficient (Wildman–Crippen LogP) is 1.20. The molecule has 0 saturated heterocycles. The van der Waals surface area contributed by atoms with Gasteiger partial charge in [-0.25, -0.2) is 13.2 Å². The Kier molecular flexibility index (Phi) is 7.07. The molecule has 2 rings (SSSR count). The fourth-order valence-electron chi connectivity index (χ4n) is 2.44. The summed E-state index contributed by atoms with van der Waals surface area (Å²) in [5, 5.41) is 2.47. The van der Waals surface area contributed by atoms with Crippen LogP contribution in [0.4, 0.5) is 5.69 Å². The molecule has 28 heavy (non-hydrogen) atoms. The lowest BCUT2D eigenvalue weighted by molar-refractivity contribution is -0.119. The van der Waals surface area contributed by atoms with Crippen molar-refractivity contribution in [3.05, 3.63) is 58.5 Å². The van der Waals surface area contributed by atoms with Gasteiger partial charge in [0.2, 0.25) is 10.0 Å². The van der Waals surface area contributed by atoms with E-state index in [0.29, 0.717) is 13.1 Å². The molecule has 1 aromatic carbocycles. The third kappa shape index (κ3) is 5.05. The van der Waals surface area contributed by atoms with Gasteiger partial charge in [0.15, 0.2) is 6.61 Å². The number of nitrogens with one attached hydrogen (secondary N) is 2. The number of benzene rings is 1. The van der Waals surface area contributed by atoms with Gasteiger partial charge in [-0.1, -0.05) is 19.9 Å². The van der Waals surface area contributed by atoms with Crippen LogP contribution in [-0.2, 0) is 19.6 Å². The average Bonchev–Trinajstić information content (AvgIpc) is 2.67. The minimum absolute atomic E-state index is 0.0433. The lowest BCUT2D eigenvalue weighted by Gasteiger charge is -2.18. The Labute approximate surface area is 162 Å². The highest BCUT2D eigenvalue weighted by Gasteiger charge is 2.22. The van der Waals surface area contributed by atoms with Crippen LogP contribution >= 0.6 is 0 Å². The second-order valence-electron chi connectivity index (χ2n) is 5.65. The second kappa shape index (κ2) is 9.29. The van der Waals surface area contributed by atoms with Crippen LogP contribution in [0.1, 0.15) is 24.2 Å². The number of pyridine rings is 1. The highest BCUT2D eigenvalue weighted by atomic mass is 32.2. The van der Waals surface area contributed by atoms with Gasteiger partial charge in [-0.05, 0) is 30.3 Å². The van der Waals surface area contributed by atoms with Gasteiger partial charge < -0.3 is 15.0 Å². The molecule has 1 heterocycles. The number of hydrogen-bond donors (Lipinski definition) is 2. The van der Waals surface area contributed by atoms with E-state index < -0.39 is 34.1 Å². The molecular weight excluding hydrogens is 386 g/mol. The van der Waals surface area contributed by atoms with Gasteiger partial charge in [0.1, 0.15) is 5.56 Å². The first-order chi connectivity index (χ1) is 13.3. The monoisotopic (exact) mass is 407 g/mol. The Hall–Kier alpha value is -2.98. The molecule has 1 aromatic heterocycles. The zero-order valence-corrected chi connectivity index (χ0v) is 16.3. The van der Waals surface area contributed by atoms with Gasteiger partial charge in [0.25, 0.3) is 11.5 Å². The molecule has 0 radical (unpaired) electrons. The van der Waals surface area contributed by atoms with Gasteiger partial charge in [-0.15, -0.1) is 0 Å². The van der Waals surface area contributed by atoms with Crippen LogP contribution in [-0.4, -0.2) is 49.3 Å². The number of carbonyl (C=O) groups is 2. The molecule has 9 nitrogen and oxygen atoms in total.